The van der Waals surface area contributed by atoms with Crippen molar-refractivity contribution >= 4 is 57.2 Å². The van der Waals surface area contributed by atoms with Crippen LogP contribution in [0.1, 0.15) is 22.0 Å². The molecule has 154 valence electrons. The molecule has 2 aromatic rings. The van der Waals surface area contributed by atoms with Crippen molar-refractivity contribution in [1.29, 1.82) is 0 Å². The SMILES string of the molecule is CN(C)CC(NC(=O)c1ccc(NS(C)(=O)=O)cc1)c1ccc(Cl)cc1Cl.Cl. The van der Waals surface area contributed by atoms with E-state index in [-0.39, 0.29) is 24.4 Å². The molecule has 0 bridgehead atoms. The van der Waals surface area contributed by atoms with Gasteiger partial charge in [-0.25, -0.2) is 8.42 Å². The highest BCUT2D eigenvalue weighted by molar-refractivity contribution is 7.92. The van der Waals surface area contributed by atoms with E-state index in [9.17, 15) is 13.2 Å². The van der Waals surface area contributed by atoms with Crippen molar-refractivity contribution in [2.45, 2.75) is 6.04 Å². The second-order valence-corrected chi connectivity index (χ2v) is 9.00. The van der Waals surface area contributed by atoms with Crippen molar-refractivity contribution in [2.24, 2.45) is 0 Å². The molecule has 1 unspecified atom stereocenters. The molecular formula is C18H22Cl3N3O3S. The Hall–Kier alpha value is -1.51. The zero-order valence-corrected chi connectivity index (χ0v) is 18.7. The van der Waals surface area contributed by atoms with Crippen LogP contribution in [0.25, 0.3) is 0 Å². The van der Waals surface area contributed by atoms with Crippen LogP contribution in [0, 0.1) is 0 Å². The molecule has 0 saturated carbocycles. The summed E-state index contributed by atoms with van der Waals surface area (Å²) in [5.41, 5.74) is 1.56. The van der Waals surface area contributed by atoms with Crippen molar-refractivity contribution in [3.05, 3.63) is 63.6 Å². The van der Waals surface area contributed by atoms with E-state index in [0.717, 1.165) is 11.8 Å². The van der Waals surface area contributed by atoms with Crippen LogP contribution >= 0.6 is 35.6 Å². The van der Waals surface area contributed by atoms with Crippen molar-refractivity contribution in [3.8, 4) is 0 Å². The summed E-state index contributed by atoms with van der Waals surface area (Å²) in [5.74, 6) is -0.293. The summed E-state index contributed by atoms with van der Waals surface area (Å²) >= 11 is 12.3. The summed E-state index contributed by atoms with van der Waals surface area (Å²) in [6.45, 7) is 0.542. The van der Waals surface area contributed by atoms with E-state index in [1.165, 1.54) is 12.1 Å². The van der Waals surface area contributed by atoms with Crippen molar-refractivity contribution in [3.63, 3.8) is 0 Å². The normalized spacial score (nSPS) is 12.2. The summed E-state index contributed by atoms with van der Waals surface area (Å²) in [4.78, 5) is 14.6. The van der Waals surface area contributed by atoms with E-state index in [2.05, 4.69) is 10.0 Å². The molecule has 0 aliphatic rings. The van der Waals surface area contributed by atoms with Gasteiger partial charge in [0.15, 0.2) is 0 Å². The third kappa shape index (κ3) is 7.48. The average Bonchev–Trinajstić information content (AvgIpc) is 2.53. The second kappa shape index (κ2) is 10.3. The summed E-state index contributed by atoms with van der Waals surface area (Å²) in [5, 5.41) is 3.96. The highest BCUT2D eigenvalue weighted by Gasteiger charge is 2.19. The Kier molecular flexibility index (Phi) is 9.04. The molecule has 2 aromatic carbocycles. The Bertz CT molecular complexity index is 919. The van der Waals surface area contributed by atoms with Crippen LogP contribution in [0.15, 0.2) is 42.5 Å². The fourth-order valence-electron chi connectivity index (χ4n) is 2.52. The molecule has 10 heteroatoms. The first-order valence-corrected chi connectivity index (χ1v) is 10.7. The Morgan fingerprint density at radius 1 is 1.11 bits per heavy atom. The van der Waals surface area contributed by atoms with Gasteiger partial charge in [-0.1, -0.05) is 29.3 Å². The first-order valence-electron chi connectivity index (χ1n) is 8.03. The van der Waals surface area contributed by atoms with Crippen LogP contribution in [0.2, 0.25) is 10.0 Å². The first-order chi connectivity index (χ1) is 12.5. The number of sulfonamides is 1. The number of benzene rings is 2. The third-order valence-electron chi connectivity index (χ3n) is 3.64. The Balaban J connectivity index is 0.00000392. The summed E-state index contributed by atoms with van der Waals surface area (Å²) < 4.78 is 24.9. The number of hydrogen-bond donors (Lipinski definition) is 2. The number of anilines is 1. The third-order valence-corrected chi connectivity index (χ3v) is 4.81. The van der Waals surface area contributed by atoms with Gasteiger partial charge in [-0.3, -0.25) is 9.52 Å². The van der Waals surface area contributed by atoms with Gasteiger partial charge in [-0.05, 0) is 56.1 Å². The first kappa shape index (κ1) is 24.5. The fraction of sp³-hybridized carbons (Fsp3) is 0.278. The predicted molar refractivity (Wildman–Crippen MR) is 117 cm³/mol. The van der Waals surface area contributed by atoms with Gasteiger partial charge >= 0.3 is 0 Å². The number of amides is 1. The fourth-order valence-corrected chi connectivity index (χ4v) is 3.62. The summed E-state index contributed by atoms with van der Waals surface area (Å²) in [7, 11) is 0.426. The lowest BCUT2D eigenvalue weighted by molar-refractivity contribution is 0.0930. The van der Waals surface area contributed by atoms with Crippen LogP contribution in [-0.2, 0) is 10.0 Å². The lowest BCUT2D eigenvalue weighted by Gasteiger charge is -2.24. The minimum Gasteiger partial charge on any atom is -0.344 e. The molecule has 2 N–H and O–H groups in total. The topological polar surface area (TPSA) is 78.5 Å². The van der Waals surface area contributed by atoms with Gasteiger partial charge in [-0.15, -0.1) is 12.4 Å². The monoisotopic (exact) mass is 465 g/mol. The molecule has 0 aliphatic carbocycles. The maximum Gasteiger partial charge on any atom is 0.251 e. The van der Waals surface area contributed by atoms with Crippen LogP contribution in [0.5, 0.6) is 0 Å². The molecule has 0 fully saturated rings. The molecule has 0 spiro atoms. The van der Waals surface area contributed by atoms with E-state index in [0.29, 0.717) is 27.8 Å². The maximum atomic E-state index is 12.6. The molecular weight excluding hydrogens is 445 g/mol. The second-order valence-electron chi connectivity index (χ2n) is 6.41. The van der Waals surface area contributed by atoms with Gasteiger partial charge < -0.3 is 10.2 Å². The van der Waals surface area contributed by atoms with E-state index < -0.39 is 10.0 Å². The molecule has 0 radical (unpaired) electrons. The zero-order chi connectivity index (χ0) is 20.2. The number of nitrogens with zero attached hydrogens (tertiary/aromatic N) is 1. The molecule has 6 nitrogen and oxygen atoms in total. The van der Waals surface area contributed by atoms with Gasteiger partial charge in [-0.2, -0.15) is 0 Å². The maximum absolute atomic E-state index is 12.6. The lowest BCUT2D eigenvalue weighted by atomic mass is 10.1. The van der Waals surface area contributed by atoms with E-state index in [1.807, 2.05) is 19.0 Å². The Morgan fingerprint density at radius 2 is 1.71 bits per heavy atom. The standard InChI is InChI=1S/C18H21Cl2N3O3S.ClH/c1-23(2)11-17(15-9-6-13(19)10-16(15)20)21-18(24)12-4-7-14(8-5-12)22-27(3,25)26;/h4-10,17,22H,11H2,1-3H3,(H,21,24);1H. The molecule has 1 atom stereocenters. The number of nitrogens with one attached hydrogen (secondary N) is 2. The molecule has 2 rings (SSSR count). The van der Waals surface area contributed by atoms with Gasteiger partial charge in [0, 0.05) is 27.8 Å². The number of likely N-dealkylation sites (N-methyl/N-ethyl adjacent to an activating group) is 1. The zero-order valence-electron chi connectivity index (χ0n) is 15.6. The Morgan fingerprint density at radius 3 is 2.21 bits per heavy atom. The number of halogens is 3. The smallest absolute Gasteiger partial charge is 0.251 e. The molecule has 0 saturated heterocycles. The quantitative estimate of drug-likeness (QED) is 0.650. The van der Waals surface area contributed by atoms with Gasteiger partial charge in [0.1, 0.15) is 0 Å². The minimum atomic E-state index is -3.37. The van der Waals surface area contributed by atoms with E-state index in [4.69, 9.17) is 23.2 Å². The van der Waals surface area contributed by atoms with Crippen LogP contribution in [-0.4, -0.2) is 46.1 Å². The molecule has 0 aromatic heterocycles. The van der Waals surface area contributed by atoms with E-state index >= 15 is 0 Å². The highest BCUT2D eigenvalue weighted by atomic mass is 35.5. The number of carbonyl (C=O) groups excluding carboxylic acids is 1. The summed E-state index contributed by atoms with van der Waals surface area (Å²) in [6, 6.07) is 11.0. The number of hydrogen-bond acceptors (Lipinski definition) is 4. The van der Waals surface area contributed by atoms with Crippen molar-refractivity contribution in [2.75, 3.05) is 31.6 Å². The van der Waals surface area contributed by atoms with Crippen LogP contribution < -0.4 is 10.0 Å². The summed E-state index contributed by atoms with van der Waals surface area (Å²) in [6.07, 6.45) is 1.06. The van der Waals surface area contributed by atoms with Crippen LogP contribution in [0.3, 0.4) is 0 Å². The van der Waals surface area contributed by atoms with Crippen LogP contribution in [0.4, 0.5) is 5.69 Å². The highest BCUT2D eigenvalue weighted by Crippen LogP contribution is 2.27. The lowest BCUT2D eigenvalue weighted by Crippen LogP contribution is -2.35. The van der Waals surface area contributed by atoms with Gasteiger partial charge in [0.25, 0.3) is 5.91 Å². The van der Waals surface area contributed by atoms with E-state index in [1.54, 1.807) is 30.3 Å². The van der Waals surface area contributed by atoms with Crippen molar-refractivity contribution < 1.29 is 13.2 Å². The Labute approximate surface area is 181 Å². The molecule has 0 heterocycles. The minimum absolute atomic E-state index is 0. The molecule has 28 heavy (non-hydrogen) atoms. The van der Waals surface area contributed by atoms with Crippen molar-refractivity contribution in [1.82, 2.24) is 10.2 Å². The molecule has 0 aliphatic heterocycles. The van der Waals surface area contributed by atoms with Gasteiger partial charge in [0.05, 0.1) is 12.3 Å². The largest absolute Gasteiger partial charge is 0.344 e. The average molecular weight is 467 g/mol. The number of carbonyl (C=O) groups is 1. The molecule has 1 amide bonds. The predicted octanol–water partition coefficient (Wildman–Crippen LogP) is 3.82. The van der Waals surface area contributed by atoms with Gasteiger partial charge in [0.2, 0.25) is 10.0 Å². The number of rotatable bonds is 7.